The van der Waals surface area contributed by atoms with Crippen molar-refractivity contribution in [2.45, 2.75) is 13.3 Å². The van der Waals surface area contributed by atoms with Crippen LogP contribution in [0.2, 0.25) is 0 Å². The third-order valence-electron chi connectivity index (χ3n) is 6.08. The van der Waals surface area contributed by atoms with Crippen molar-refractivity contribution in [2.75, 3.05) is 44.2 Å². The summed E-state index contributed by atoms with van der Waals surface area (Å²) in [5.41, 5.74) is 1.47. The van der Waals surface area contributed by atoms with Crippen molar-refractivity contribution in [2.24, 2.45) is 5.92 Å². The molecule has 1 aliphatic heterocycles. The van der Waals surface area contributed by atoms with Crippen molar-refractivity contribution in [3.63, 3.8) is 0 Å². The highest BCUT2D eigenvalue weighted by atomic mass is 16.5. The van der Waals surface area contributed by atoms with E-state index in [2.05, 4.69) is 0 Å². The van der Waals surface area contributed by atoms with Gasteiger partial charge in [0.15, 0.2) is 11.5 Å². The van der Waals surface area contributed by atoms with Crippen LogP contribution < -0.4 is 24.0 Å². The van der Waals surface area contributed by atoms with E-state index in [9.17, 15) is 9.59 Å². The lowest BCUT2D eigenvalue weighted by molar-refractivity contribution is -0.124. The zero-order chi connectivity index (χ0) is 23.5. The van der Waals surface area contributed by atoms with E-state index in [0.29, 0.717) is 29.5 Å². The number of nitrogens with zero attached hydrogens (tertiary/aromatic N) is 2. The second kappa shape index (κ2) is 9.40. The number of amides is 2. The number of carbonyl (C=O) groups excluding carboxylic acids is 2. The third kappa shape index (κ3) is 4.06. The summed E-state index contributed by atoms with van der Waals surface area (Å²) in [6.45, 7) is 2.76. The molecule has 1 aliphatic rings. The van der Waals surface area contributed by atoms with E-state index < -0.39 is 5.92 Å². The normalized spacial score (nSPS) is 15.6. The lowest BCUT2D eigenvalue weighted by Crippen LogP contribution is -2.37. The zero-order valence-corrected chi connectivity index (χ0v) is 19.3. The summed E-state index contributed by atoms with van der Waals surface area (Å²) in [5.74, 6) is 0.751. The molecule has 0 spiro atoms. The first-order valence-corrected chi connectivity index (χ1v) is 10.9. The molecule has 2 amide bonds. The molecular weight excluding hydrogens is 420 g/mol. The molecule has 4 rings (SSSR count). The van der Waals surface area contributed by atoms with Crippen LogP contribution in [0.15, 0.2) is 54.6 Å². The minimum atomic E-state index is -0.449. The first kappa shape index (κ1) is 22.5. The fourth-order valence-corrected chi connectivity index (χ4v) is 4.45. The van der Waals surface area contributed by atoms with Crippen molar-refractivity contribution >= 4 is 34.0 Å². The number of hydrogen-bond acceptors (Lipinski definition) is 5. The average Bonchev–Trinajstić information content (AvgIpc) is 3.25. The Kier molecular flexibility index (Phi) is 6.40. The number of anilines is 2. The Labute approximate surface area is 193 Å². The van der Waals surface area contributed by atoms with Gasteiger partial charge in [-0.3, -0.25) is 9.59 Å². The molecule has 0 saturated carbocycles. The summed E-state index contributed by atoms with van der Waals surface area (Å²) in [6, 6.07) is 17.4. The van der Waals surface area contributed by atoms with Gasteiger partial charge in [-0.1, -0.05) is 36.4 Å². The minimum absolute atomic E-state index is 0.0582. The molecule has 3 aromatic carbocycles. The van der Waals surface area contributed by atoms with Crippen LogP contribution in [0.4, 0.5) is 11.4 Å². The molecule has 0 radical (unpaired) electrons. The van der Waals surface area contributed by atoms with Gasteiger partial charge in [0, 0.05) is 37.0 Å². The van der Waals surface area contributed by atoms with E-state index in [1.165, 1.54) is 21.3 Å². The van der Waals surface area contributed by atoms with Gasteiger partial charge < -0.3 is 24.0 Å². The molecule has 1 unspecified atom stereocenters. The highest BCUT2D eigenvalue weighted by Gasteiger charge is 2.38. The second-order valence-corrected chi connectivity index (χ2v) is 7.87. The summed E-state index contributed by atoms with van der Waals surface area (Å²) < 4.78 is 16.2. The number of benzene rings is 3. The molecule has 172 valence electrons. The molecule has 1 heterocycles. The van der Waals surface area contributed by atoms with Crippen molar-refractivity contribution in [1.29, 1.82) is 0 Å². The molecule has 1 fully saturated rings. The van der Waals surface area contributed by atoms with Crippen LogP contribution in [0.25, 0.3) is 10.8 Å². The molecule has 3 aromatic rings. The minimum Gasteiger partial charge on any atom is -0.493 e. The van der Waals surface area contributed by atoms with E-state index in [1.807, 2.05) is 49.4 Å². The zero-order valence-electron chi connectivity index (χ0n) is 19.3. The van der Waals surface area contributed by atoms with Gasteiger partial charge in [-0.15, -0.1) is 0 Å². The Balaban J connectivity index is 1.63. The van der Waals surface area contributed by atoms with Crippen molar-refractivity contribution in [3.8, 4) is 17.2 Å². The monoisotopic (exact) mass is 448 g/mol. The SMILES string of the molecule is CCN(C(=O)C1CC(=O)N(c2cc(OC)c(OC)c(OC)c2)C1)c1cccc2ccccc12. The van der Waals surface area contributed by atoms with Crippen molar-refractivity contribution in [3.05, 3.63) is 54.6 Å². The van der Waals surface area contributed by atoms with E-state index in [0.717, 1.165) is 16.5 Å². The lowest BCUT2D eigenvalue weighted by Gasteiger charge is -2.26. The Morgan fingerprint density at radius 2 is 1.67 bits per heavy atom. The fraction of sp³-hybridized carbons (Fsp3) is 0.308. The van der Waals surface area contributed by atoms with Crippen LogP contribution >= 0.6 is 0 Å². The molecule has 0 N–H and O–H groups in total. The molecule has 0 bridgehead atoms. The van der Waals surface area contributed by atoms with E-state index >= 15 is 0 Å². The Hall–Kier alpha value is -3.74. The second-order valence-electron chi connectivity index (χ2n) is 7.87. The van der Waals surface area contributed by atoms with Gasteiger partial charge in [0.2, 0.25) is 17.6 Å². The maximum atomic E-state index is 13.6. The standard InChI is InChI=1S/C26H28N2O5/c1-5-27(21-12-8-10-17-9-6-7-11-20(17)21)26(30)18-13-24(29)28(16-18)19-14-22(31-2)25(33-4)23(15-19)32-3/h6-12,14-15,18H,5,13,16H2,1-4H3. The van der Waals surface area contributed by atoms with E-state index in [4.69, 9.17) is 14.2 Å². The van der Waals surface area contributed by atoms with Crippen LogP contribution in [0.3, 0.4) is 0 Å². The van der Waals surface area contributed by atoms with Gasteiger partial charge in [0.25, 0.3) is 0 Å². The van der Waals surface area contributed by atoms with Crippen molar-refractivity contribution < 1.29 is 23.8 Å². The van der Waals surface area contributed by atoms with E-state index in [1.54, 1.807) is 21.9 Å². The largest absolute Gasteiger partial charge is 0.493 e. The van der Waals surface area contributed by atoms with Crippen LogP contribution in [0, 0.1) is 5.92 Å². The molecule has 7 nitrogen and oxygen atoms in total. The number of carbonyl (C=O) groups is 2. The Morgan fingerprint density at radius 3 is 2.30 bits per heavy atom. The molecule has 7 heteroatoms. The molecule has 0 aliphatic carbocycles. The van der Waals surface area contributed by atoms with Crippen LogP contribution in [0.1, 0.15) is 13.3 Å². The highest BCUT2D eigenvalue weighted by molar-refractivity contribution is 6.08. The Morgan fingerprint density at radius 1 is 1.00 bits per heavy atom. The Bertz CT molecular complexity index is 1160. The number of rotatable bonds is 7. The van der Waals surface area contributed by atoms with E-state index in [-0.39, 0.29) is 24.8 Å². The predicted octanol–water partition coefficient (Wildman–Crippen LogP) is 4.27. The first-order chi connectivity index (χ1) is 16.0. The van der Waals surface area contributed by atoms with Crippen molar-refractivity contribution in [1.82, 2.24) is 0 Å². The van der Waals surface area contributed by atoms with Gasteiger partial charge in [-0.2, -0.15) is 0 Å². The summed E-state index contributed by atoms with van der Waals surface area (Å²) in [5, 5.41) is 2.09. The average molecular weight is 449 g/mol. The summed E-state index contributed by atoms with van der Waals surface area (Å²) in [6.07, 6.45) is 0.150. The van der Waals surface area contributed by atoms with Gasteiger partial charge in [0.1, 0.15) is 0 Å². The first-order valence-electron chi connectivity index (χ1n) is 10.9. The van der Waals surface area contributed by atoms with Gasteiger partial charge >= 0.3 is 0 Å². The maximum Gasteiger partial charge on any atom is 0.232 e. The third-order valence-corrected chi connectivity index (χ3v) is 6.08. The van der Waals surface area contributed by atoms with Crippen LogP contribution in [-0.4, -0.2) is 46.2 Å². The summed E-state index contributed by atoms with van der Waals surface area (Å²) >= 11 is 0. The highest BCUT2D eigenvalue weighted by Crippen LogP contribution is 2.42. The van der Waals surface area contributed by atoms with Gasteiger partial charge in [-0.25, -0.2) is 0 Å². The van der Waals surface area contributed by atoms with Gasteiger partial charge in [-0.05, 0) is 18.4 Å². The maximum absolute atomic E-state index is 13.6. The number of methoxy groups -OCH3 is 3. The quantitative estimate of drug-likeness (QED) is 0.540. The summed E-state index contributed by atoms with van der Waals surface area (Å²) in [4.78, 5) is 29.9. The van der Waals surface area contributed by atoms with Crippen LogP contribution in [0.5, 0.6) is 17.2 Å². The topological polar surface area (TPSA) is 68.3 Å². The molecule has 33 heavy (non-hydrogen) atoms. The molecule has 1 atom stereocenters. The number of ether oxygens (including phenoxy) is 3. The molecule has 0 aromatic heterocycles. The molecular formula is C26H28N2O5. The molecule has 1 saturated heterocycles. The van der Waals surface area contributed by atoms with Crippen LogP contribution in [-0.2, 0) is 9.59 Å². The van der Waals surface area contributed by atoms with Gasteiger partial charge in [0.05, 0.1) is 38.6 Å². The summed E-state index contributed by atoms with van der Waals surface area (Å²) in [7, 11) is 4.59. The predicted molar refractivity (Wildman–Crippen MR) is 129 cm³/mol. The number of fused-ring (bicyclic) bond motifs is 1. The fourth-order valence-electron chi connectivity index (χ4n) is 4.45. The smallest absolute Gasteiger partial charge is 0.232 e. The lowest BCUT2D eigenvalue weighted by atomic mass is 10.0. The number of hydrogen-bond donors (Lipinski definition) is 0.